The van der Waals surface area contributed by atoms with Crippen LogP contribution in [-0.4, -0.2) is 61.3 Å². The van der Waals surface area contributed by atoms with E-state index in [2.05, 4.69) is 15.5 Å². The molecule has 1 rings (SSSR count). The van der Waals surface area contributed by atoms with Gasteiger partial charge in [-0.3, -0.25) is 9.59 Å². The number of carbonyl (C=O) groups is 3. The van der Waals surface area contributed by atoms with Gasteiger partial charge in [-0.2, -0.15) is 0 Å². The monoisotopic (exact) mass is 445 g/mol. The fourth-order valence-corrected chi connectivity index (χ4v) is 3.16. The Morgan fingerprint density at radius 2 is 1.66 bits per heavy atom. The molecule has 29 heavy (non-hydrogen) atoms. The van der Waals surface area contributed by atoms with E-state index < -0.39 is 24.0 Å². The highest BCUT2D eigenvalue weighted by atomic mass is 35.5. The van der Waals surface area contributed by atoms with Gasteiger partial charge in [0.05, 0.1) is 6.61 Å². The van der Waals surface area contributed by atoms with E-state index >= 15 is 0 Å². The van der Waals surface area contributed by atoms with Crippen LogP contribution < -0.4 is 15.5 Å². The maximum absolute atomic E-state index is 12.3. The third-order valence-electron chi connectivity index (χ3n) is 4.15. The van der Waals surface area contributed by atoms with Crippen molar-refractivity contribution in [1.29, 1.82) is 0 Å². The molecule has 2 amide bonds. The minimum atomic E-state index is -0.855. The number of carbonyl (C=O) groups excluding carboxylic acids is 3. The average Bonchev–Trinajstić information content (AvgIpc) is 2.67. The number of rotatable bonds is 12. The van der Waals surface area contributed by atoms with Gasteiger partial charge in [-0.05, 0) is 31.5 Å². The van der Waals surface area contributed by atoms with Crippen LogP contribution in [0, 0.1) is 0 Å². The maximum Gasteiger partial charge on any atom is 0.328 e. The largest absolute Gasteiger partial charge is 0.464 e. The molecule has 1 aromatic carbocycles. The number of ether oxygens (including phenoxy) is 1. The molecular weight excluding hydrogens is 417 g/mol. The lowest BCUT2D eigenvalue weighted by molar-refractivity contribution is -0.147. The Morgan fingerprint density at radius 3 is 2.14 bits per heavy atom. The number of nitrogens with zero attached hydrogens (tertiary/aromatic N) is 1. The summed E-state index contributed by atoms with van der Waals surface area (Å²) >= 11 is 11.7. The first-order chi connectivity index (χ1) is 13.8. The molecule has 1 aromatic rings. The number of amides is 2. The van der Waals surface area contributed by atoms with E-state index in [1.165, 1.54) is 6.92 Å². The number of hydrogen-bond donors (Lipinski definition) is 2. The third kappa shape index (κ3) is 8.92. The number of alkyl halides is 2. The van der Waals surface area contributed by atoms with E-state index in [4.69, 9.17) is 27.9 Å². The first-order valence-corrected chi connectivity index (χ1v) is 10.6. The summed E-state index contributed by atoms with van der Waals surface area (Å²) in [5.74, 6) is -0.324. The van der Waals surface area contributed by atoms with Crippen molar-refractivity contribution in [3.8, 4) is 0 Å². The summed E-state index contributed by atoms with van der Waals surface area (Å²) in [6.07, 6.45) is 0.267. The Hall–Kier alpha value is -1.99. The molecule has 0 bridgehead atoms. The molecule has 0 spiro atoms. The molecule has 0 unspecified atom stereocenters. The van der Waals surface area contributed by atoms with Crippen molar-refractivity contribution in [3.63, 3.8) is 0 Å². The van der Waals surface area contributed by atoms with Crippen LogP contribution in [0.3, 0.4) is 0 Å². The van der Waals surface area contributed by atoms with Gasteiger partial charge in [-0.25, -0.2) is 4.79 Å². The molecule has 0 aliphatic rings. The number of nitrogens with one attached hydrogen (secondary N) is 2. The van der Waals surface area contributed by atoms with Crippen molar-refractivity contribution in [1.82, 2.24) is 10.6 Å². The van der Waals surface area contributed by atoms with Crippen LogP contribution in [0.25, 0.3) is 0 Å². The second kappa shape index (κ2) is 13.3. The summed E-state index contributed by atoms with van der Waals surface area (Å²) in [7, 11) is 0. The zero-order valence-electron chi connectivity index (χ0n) is 17.0. The molecule has 0 radical (unpaired) electrons. The molecule has 2 atom stereocenters. The third-order valence-corrected chi connectivity index (χ3v) is 4.49. The number of hydrogen-bond acceptors (Lipinski definition) is 5. The molecule has 0 fully saturated rings. The summed E-state index contributed by atoms with van der Waals surface area (Å²) in [6.45, 7) is 6.14. The van der Waals surface area contributed by atoms with E-state index in [1.807, 2.05) is 24.3 Å². The van der Waals surface area contributed by atoms with Crippen molar-refractivity contribution in [2.45, 2.75) is 39.3 Å². The van der Waals surface area contributed by atoms with Gasteiger partial charge in [0.25, 0.3) is 0 Å². The standard InChI is InChI=1S/C20H29Cl2N3O4/c1-4-29-20(28)18(24-19(27)14(2)23-15(3)26)13-16-5-7-17(8-6-16)25(11-9-21)12-10-22/h5-8,14,18H,4,9-13H2,1-3H3,(H,23,26)(H,24,27)/t14-,18+/m1/s1. The molecule has 9 heteroatoms. The number of halogens is 2. The van der Waals surface area contributed by atoms with Gasteiger partial charge in [0.1, 0.15) is 12.1 Å². The molecule has 0 aliphatic carbocycles. The lowest BCUT2D eigenvalue weighted by Crippen LogP contribution is -2.51. The summed E-state index contributed by atoms with van der Waals surface area (Å²) < 4.78 is 5.09. The summed E-state index contributed by atoms with van der Waals surface area (Å²) in [6, 6.07) is 6.02. The van der Waals surface area contributed by atoms with E-state index in [1.54, 1.807) is 13.8 Å². The van der Waals surface area contributed by atoms with E-state index in [0.717, 1.165) is 11.3 Å². The second-order valence-electron chi connectivity index (χ2n) is 6.47. The second-order valence-corrected chi connectivity index (χ2v) is 7.23. The Morgan fingerprint density at radius 1 is 1.07 bits per heavy atom. The van der Waals surface area contributed by atoms with Crippen molar-refractivity contribution in [3.05, 3.63) is 29.8 Å². The summed E-state index contributed by atoms with van der Waals surface area (Å²) in [5, 5.41) is 5.16. The van der Waals surface area contributed by atoms with Crippen LogP contribution in [0.15, 0.2) is 24.3 Å². The molecule has 7 nitrogen and oxygen atoms in total. The van der Waals surface area contributed by atoms with Gasteiger partial charge < -0.3 is 20.3 Å². The molecule has 0 heterocycles. The minimum Gasteiger partial charge on any atom is -0.464 e. The lowest BCUT2D eigenvalue weighted by Gasteiger charge is -2.23. The Labute approximate surface area is 182 Å². The summed E-state index contributed by atoms with van der Waals surface area (Å²) in [5.41, 5.74) is 1.84. The van der Waals surface area contributed by atoms with E-state index in [9.17, 15) is 14.4 Å². The lowest BCUT2D eigenvalue weighted by atomic mass is 10.0. The molecular formula is C20H29Cl2N3O4. The smallest absolute Gasteiger partial charge is 0.328 e. The molecule has 0 aliphatic heterocycles. The first kappa shape index (κ1) is 25.0. The number of benzene rings is 1. The molecule has 0 saturated heterocycles. The van der Waals surface area contributed by atoms with Gasteiger partial charge in [0.15, 0.2) is 0 Å². The van der Waals surface area contributed by atoms with Gasteiger partial charge in [0.2, 0.25) is 11.8 Å². The SMILES string of the molecule is CCOC(=O)[C@H](Cc1ccc(N(CCCl)CCCl)cc1)NC(=O)[C@@H](C)NC(C)=O. The highest BCUT2D eigenvalue weighted by molar-refractivity contribution is 6.18. The fourth-order valence-electron chi connectivity index (χ4n) is 2.76. The van der Waals surface area contributed by atoms with Crippen molar-refractivity contribution < 1.29 is 19.1 Å². The molecule has 0 aromatic heterocycles. The topological polar surface area (TPSA) is 87.7 Å². The maximum atomic E-state index is 12.3. The highest BCUT2D eigenvalue weighted by Crippen LogP contribution is 2.17. The predicted octanol–water partition coefficient (Wildman–Crippen LogP) is 2.09. The van der Waals surface area contributed by atoms with Gasteiger partial charge >= 0.3 is 5.97 Å². The van der Waals surface area contributed by atoms with Crippen LogP contribution >= 0.6 is 23.2 Å². The van der Waals surface area contributed by atoms with Gasteiger partial charge in [0, 0.05) is 43.9 Å². The van der Waals surface area contributed by atoms with Crippen molar-refractivity contribution in [2.75, 3.05) is 36.4 Å². The predicted molar refractivity (Wildman–Crippen MR) is 116 cm³/mol. The molecule has 2 N–H and O–H groups in total. The van der Waals surface area contributed by atoms with Crippen LogP contribution in [-0.2, 0) is 25.5 Å². The van der Waals surface area contributed by atoms with Crippen LogP contribution in [0.5, 0.6) is 0 Å². The number of anilines is 1. The van der Waals surface area contributed by atoms with E-state index in [-0.39, 0.29) is 18.9 Å². The van der Waals surface area contributed by atoms with E-state index in [0.29, 0.717) is 24.8 Å². The minimum absolute atomic E-state index is 0.206. The Bertz CT molecular complexity index is 664. The molecule has 162 valence electrons. The quantitative estimate of drug-likeness (QED) is 0.379. The first-order valence-electron chi connectivity index (χ1n) is 9.52. The van der Waals surface area contributed by atoms with Gasteiger partial charge in [-0.1, -0.05) is 12.1 Å². The van der Waals surface area contributed by atoms with Crippen LogP contribution in [0.2, 0.25) is 0 Å². The van der Waals surface area contributed by atoms with Crippen molar-refractivity contribution >= 4 is 46.7 Å². The van der Waals surface area contributed by atoms with Crippen LogP contribution in [0.4, 0.5) is 5.69 Å². The van der Waals surface area contributed by atoms with Crippen LogP contribution in [0.1, 0.15) is 26.3 Å². The summed E-state index contributed by atoms with van der Waals surface area (Å²) in [4.78, 5) is 37.8. The zero-order chi connectivity index (χ0) is 21.8. The Kier molecular flexibility index (Phi) is 11.5. The normalized spacial score (nSPS) is 12.6. The number of esters is 1. The van der Waals surface area contributed by atoms with Gasteiger partial charge in [-0.15, -0.1) is 23.2 Å². The average molecular weight is 446 g/mol. The molecule has 0 saturated carbocycles. The fraction of sp³-hybridized carbons (Fsp3) is 0.550. The van der Waals surface area contributed by atoms with Crippen molar-refractivity contribution in [2.24, 2.45) is 0 Å². The highest BCUT2D eigenvalue weighted by Gasteiger charge is 2.25. The Balaban J connectivity index is 2.89. The zero-order valence-corrected chi connectivity index (χ0v) is 18.6.